The Bertz CT molecular complexity index is 871. The maximum atomic E-state index is 13.1. The fourth-order valence-corrected chi connectivity index (χ4v) is 2.35. The van der Waals surface area contributed by atoms with Crippen molar-refractivity contribution in [3.8, 4) is 5.69 Å². The van der Waals surface area contributed by atoms with Crippen LogP contribution < -0.4 is 5.32 Å². The minimum Gasteiger partial charge on any atom is -0.350 e. The average Bonchev–Trinajstić information content (AvgIpc) is 3.04. The van der Waals surface area contributed by atoms with Gasteiger partial charge in [0.25, 0.3) is 5.91 Å². The quantitative estimate of drug-likeness (QED) is 0.772. The van der Waals surface area contributed by atoms with E-state index >= 15 is 0 Å². The molecule has 1 N–H and O–H groups in total. The molecule has 4 nitrogen and oxygen atoms in total. The van der Waals surface area contributed by atoms with E-state index in [2.05, 4.69) is 10.4 Å². The fourth-order valence-electron chi connectivity index (χ4n) is 2.35. The van der Waals surface area contributed by atoms with Gasteiger partial charge >= 0.3 is 0 Å². The molecule has 0 atom stereocenters. The van der Waals surface area contributed by atoms with Crippen LogP contribution in [0.15, 0.2) is 54.7 Å². The average molecular weight is 345 g/mol. The highest BCUT2D eigenvalue weighted by molar-refractivity contribution is 5.92. The second-order valence-corrected chi connectivity index (χ2v) is 5.41. The molecular weight excluding hydrogens is 331 g/mol. The lowest BCUT2D eigenvalue weighted by Gasteiger charge is -2.04. The first-order valence-electron chi connectivity index (χ1n) is 7.56. The molecule has 1 aromatic heterocycles. The van der Waals surface area contributed by atoms with Crippen molar-refractivity contribution >= 4 is 5.91 Å². The van der Waals surface area contributed by atoms with Gasteiger partial charge in [-0.15, -0.1) is 0 Å². The van der Waals surface area contributed by atoms with E-state index in [0.29, 0.717) is 17.7 Å². The summed E-state index contributed by atoms with van der Waals surface area (Å²) in [5.41, 5.74) is 1.26. The first-order chi connectivity index (χ1) is 12.0. The summed E-state index contributed by atoms with van der Waals surface area (Å²) in [7, 11) is 0. The van der Waals surface area contributed by atoms with Crippen molar-refractivity contribution in [1.82, 2.24) is 15.1 Å². The summed E-state index contributed by atoms with van der Waals surface area (Å²) in [6.07, 6.45) is 1.88. The highest BCUT2D eigenvalue weighted by Gasteiger charge is 2.10. The fraction of sp³-hybridized carbons (Fsp3) is 0.111. The van der Waals surface area contributed by atoms with Gasteiger partial charge in [0.2, 0.25) is 0 Å². The highest BCUT2D eigenvalue weighted by atomic mass is 19.1. The van der Waals surface area contributed by atoms with Crippen LogP contribution in [0, 0.1) is 17.5 Å². The smallest absolute Gasteiger partial charge is 0.271 e. The van der Waals surface area contributed by atoms with Crippen LogP contribution in [0.1, 0.15) is 16.1 Å². The minimum atomic E-state index is -0.653. The Kier molecular flexibility index (Phi) is 4.83. The zero-order valence-electron chi connectivity index (χ0n) is 13.0. The number of amides is 1. The van der Waals surface area contributed by atoms with Crippen LogP contribution in [0.25, 0.3) is 5.69 Å². The molecule has 0 fully saturated rings. The van der Waals surface area contributed by atoms with E-state index in [1.54, 1.807) is 18.3 Å². The Morgan fingerprint density at radius 1 is 0.960 bits per heavy atom. The maximum Gasteiger partial charge on any atom is 0.271 e. The van der Waals surface area contributed by atoms with E-state index in [1.807, 2.05) is 0 Å². The zero-order chi connectivity index (χ0) is 17.8. The van der Waals surface area contributed by atoms with Gasteiger partial charge in [-0.2, -0.15) is 5.10 Å². The minimum absolute atomic E-state index is 0.190. The van der Waals surface area contributed by atoms with Crippen LogP contribution in [-0.2, 0) is 6.42 Å². The third-order valence-electron chi connectivity index (χ3n) is 3.53. The Balaban J connectivity index is 1.59. The molecule has 1 amide bonds. The first kappa shape index (κ1) is 16.8. The third-order valence-corrected chi connectivity index (χ3v) is 3.53. The number of hydrogen-bond donors (Lipinski definition) is 1. The summed E-state index contributed by atoms with van der Waals surface area (Å²) in [5.74, 6) is -2.07. The molecule has 0 aliphatic rings. The molecular formula is C18H14F3N3O. The second-order valence-electron chi connectivity index (χ2n) is 5.41. The number of carbonyl (C=O) groups excluding carboxylic acids is 1. The zero-order valence-corrected chi connectivity index (χ0v) is 13.0. The summed E-state index contributed by atoms with van der Waals surface area (Å²) in [5, 5.41) is 6.77. The largest absolute Gasteiger partial charge is 0.350 e. The van der Waals surface area contributed by atoms with Crippen LogP contribution >= 0.6 is 0 Å². The number of nitrogens with one attached hydrogen (secondary N) is 1. The number of nitrogens with zero attached hydrogens (tertiary/aromatic N) is 2. The summed E-state index contributed by atoms with van der Waals surface area (Å²) in [6, 6.07) is 10.5. The molecule has 0 spiro atoms. The van der Waals surface area contributed by atoms with Crippen molar-refractivity contribution in [3.05, 3.63) is 83.4 Å². The van der Waals surface area contributed by atoms with E-state index in [4.69, 9.17) is 0 Å². The van der Waals surface area contributed by atoms with Crippen molar-refractivity contribution in [1.29, 1.82) is 0 Å². The van der Waals surface area contributed by atoms with Crippen molar-refractivity contribution in [2.75, 3.05) is 6.54 Å². The molecule has 3 rings (SSSR count). The van der Waals surface area contributed by atoms with Gasteiger partial charge in [0.05, 0.1) is 5.69 Å². The van der Waals surface area contributed by atoms with Gasteiger partial charge in [-0.25, -0.2) is 17.9 Å². The van der Waals surface area contributed by atoms with Gasteiger partial charge in [-0.3, -0.25) is 4.79 Å². The van der Waals surface area contributed by atoms with E-state index in [9.17, 15) is 18.0 Å². The number of hydrogen-bond acceptors (Lipinski definition) is 2. The van der Waals surface area contributed by atoms with Gasteiger partial charge in [0, 0.05) is 18.8 Å². The lowest BCUT2D eigenvalue weighted by molar-refractivity contribution is 0.0948. The van der Waals surface area contributed by atoms with E-state index in [-0.39, 0.29) is 18.1 Å². The summed E-state index contributed by atoms with van der Waals surface area (Å²) in [6.45, 7) is 0.213. The molecule has 0 radical (unpaired) electrons. The Morgan fingerprint density at radius 2 is 1.64 bits per heavy atom. The molecule has 0 aliphatic carbocycles. The molecule has 25 heavy (non-hydrogen) atoms. The molecule has 7 heteroatoms. The van der Waals surface area contributed by atoms with E-state index in [1.165, 1.54) is 35.0 Å². The SMILES string of the molecule is O=C(NCCc1cc(F)cc(F)c1)c1ccn(-c2ccc(F)cc2)n1. The van der Waals surface area contributed by atoms with Crippen molar-refractivity contribution in [2.45, 2.75) is 6.42 Å². The molecule has 0 unspecified atom stereocenters. The third kappa shape index (κ3) is 4.26. The van der Waals surface area contributed by atoms with Gasteiger partial charge in [-0.05, 0) is 54.4 Å². The molecule has 1 heterocycles. The normalized spacial score (nSPS) is 10.7. The Hall–Kier alpha value is -3.09. The highest BCUT2D eigenvalue weighted by Crippen LogP contribution is 2.10. The van der Waals surface area contributed by atoms with Gasteiger partial charge in [0.15, 0.2) is 5.69 Å². The maximum absolute atomic E-state index is 13.1. The molecule has 0 bridgehead atoms. The molecule has 0 saturated carbocycles. The molecule has 0 aliphatic heterocycles. The molecule has 0 saturated heterocycles. The van der Waals surface area contributed by atoms with Crippen LogP contribution in [0.2, 0.25) is 0 Å². The summed E-state index contributed by atoms with van der Waals surface area (Å²) in [4.78, 5) is 12.1. The summed E-state index contributed by atoms with van der Waals surface area (Å²) >= 11 is 0. The first-order valence-corrected chi connectivity index (χ1v) is 7.56. The van der Waals surface area contributed by atoms with Crippen LogP contribution in [-0.4, -0.2) is 22.2 Å². The summed E-state index contributed by atoms with van der Waals surface area (Å²) < 4.78 is 40.6. The monoisotopic (exact) mass is 345 g/mol. The molecule has 128 valence electrons. The lowest BCUT2D eigenvalue weighted by Crippen LogP contribution is -2.26. The topological polar surface area (TPSA) is 46.9 Å². The van der Waals surface area contributed by atoms with Crippen LogP contribution in [0.4, 0.5) is 13.2 Å². The molecule has 3 aromatic rings. The predicted molar refractivity (Wildman–Crippen MR) is 85.9 cm³/mol. The predicted octanol–water partition coefficient (Wildman–Crippen LogP) is 3.26. The Morgan fingerprint density at radius 3 is 2.32 bits per heavy atom. The van der Waals surface area contributed by atoms with Gasteiger partial charge in [0.1, 0.15) is 17.5 Å². The van der Waals surface area contributed by atoms with Crippen LogP contribution in [0.3, 0.4) is 0 Å². The number of carbonyl (C=O) groups is 1. The number of halogens is 3. The van der Waals surface area contributed by atoms with Crippen molar-refractivity contribution < 1.29 is 18.0 Å². The standard InChI is InChI=1S/C18H14F3N3O/c19-13-1-3-16(4-2-13)24-8-6-17(23-24)18(25)22-7-5-12-9-14(20)11-15(21)10-12/h1-4,6,8-11H,5,7H2,(H,22,25). The van der Waals surface area contributed by atoms with E-state index < -0.39 is 17.5 Å². The van der Waals surface area contributed by atoms with Gasteiger partial charge in [-0.1, -0.05) is 0 Å². The van der Waals surface area contributed by atoms with Crippen LogP contribution in [0.5, 0.6) is 0 Å². The number of benzene rings is 2. The van der Waals surface area contributed by atoms with Crippen molar-refractivity contribution in [3.63, 3.8) is 0 Å². The number of rotatable bonds is 5. The number of aromatic nitrogens is 2. The van der Waals surface area contributed by atoms with E-state index in [0.717, 1.165) is 6.07 Å². The van der Waals surface area contributed by atoms with Crippen molar-refractivity contribution in [2.24, 2.45) is 0 Å². The van der Waals surface area contributed by atoms with Gasteiger partial charge < -0.3 is 5.32 Å². The second kappa shape index (κ2) is 7.21. The molecule has 2 aromatic carbocycles. The lowest BCUT2D eigenvalue weighted by atomic mass is 10.1. The Labute approximate surface area is 141 Å².